The molecule has 20 heavy (non-hydrogen) atoms. The predicted molar refractivity (Wildman–Crippen MR) is 69.3 cm³/mol. The number of non-ortho nitro benzene ring substituents is 1. The first-order chi connectivity index (χ1) is 9.56. The zero-order chi connectivity index (χ0) is 14.5. The Morgan fingerprint density at radius 2 is 1.80 bits per heavy atom. The molecule has 106 valence electrons. The summed E-state index contributed by atoms with van der Waals surface area (Å²) in [5.74, 6) is -0.824. The highest BCUT2D eigenvalue weighted by atomic mass is 16.6. The summed E-state index contributed by atoms with van der Waals surface area (Å²) in [6.07, 6.45) is 3.12. The maximum absolute atomic E-state index is 11.7. The Morgan fingerprint density at radius 3 is 2.35 bits per heavy atom. The van der Waals surface area contributed by atoms with Gasteiger partial charge in [0.15, 0.2) is 0 Å². The standard InChI is InChI=1S/C13H14N2O5/c16-12(9-5-7-11(8-6-9)15(18)19)20-13(17)14-10-3-1-2-4-10/h5-8,10H,1-4H2,(H,14,17). The number of amides is 1. The Balaban J connectivity index is 1.90. The summed E-state index contributed by atoms with van der Waals surface area (Å²) < 4.78 is 4.64. The molecule has 0 spiro atoms. The van der Waals surface area contributed by atoms with E-state index in [0.717, 1.165) is 25.7 Å². The van der Waals surface area contributed by atoms with Gasteiger partial charge in [-0.25, -0.2) is 9.59 Å². The Bertz CT molecular complexity index is 520. The molecule has 0 heterocycles. The van der Waals surface area contributed by atoms with Gasteiger partial charge < -0.3 is 10.1 Å². The van der Waals surface area contributed by atoms with Crippen molar-refractivity contribution in [3.63, 3.8) is 0 Å². The normalized spacial score (nSPS) is 14.8. The van der Waals surface area contributed by atoms with E-state index in [4.69, 9.17) is 0 Å². The molecule has 1 amide bonds. The van der Waals surface area contributed by atoms with E-state index in [1.165, 1.54) is 24.3 Å². The Labute approximate surface area is 115 Å². The summed E-state index contributed by atoms with van der Waals surface area (Å²) in [4.78, 5) is 33.1. The molecule has 1 saturated carbocycles. The Kier molecular flexibility index (Phi) is 4.29. The first-order valence-corrected chi connectivity index (χ1v) is 6.33. The molecule has 0 unspecified atom stereocenters. The average molecular weight is 278 g/mol. The van der Waals surface area contributed by atoms with Crippen molar-refractivity contribution in [1.29, 1.82) is 0 Å². The van der Waals surface area contributed by atoms with Gasteiger partial charge in [0, 0.05) is 18.2 Å². The maximum Gasteiger partial charge on any atom is 0.415 e. The van der Waals surface area contributed by atoms with E-state index in [2.05, 4.69) is 10.1 Å². The lowest BCUT2D eigenvalue weighted by atomic mass is 10.2. The highest BCUT2D eigenvalue weighted by molar-refractivity contribution is 5.96. The summed E-state index contributed by atoms with van der Waals surface area (Å²) >= 11 is 0. The van der Waals surface area contributed by atoms with Gasteiger partial charge in [-0.2, -0.15) is 0 Å². The van der Waals surface area contributed by atoms with E-state index in [1.807, 2.05) is 0 Å². The molecule has 2 rings (SSSR count). The summed E-state index contributed by atoms with van der Waals surface area (Å²) in [6.45, 7) is 0. The van der Waals surface area contributed by atoms with Crippen LogP contribution in [0.5, 0.6) is 0 Å². The van der Waals surface area contributed by atoms with Crippen LogP contribution in [0.2, 0.25) is 0 Å². The molecule has 0 saturated heterocycles. The van der Waals surface area contributed by atoms with Crippen LogP contribution >= 0.6 is 0 Å². The minimum absolute atomic E-state index is 0.0622. The number of carbonyl (C=O) groups excluding carboxylic acids is 2. The van der Waals surface area contributed by atoms with Gasteiger partial charge in [-0.1, -0.05) is 12.8 Å². The molecular formula is C13H14N2O5. The third-order valence-corrected chi connectivity index (χ3v) is 3.18. The lowest BCUT2D eigenvalue weighted by Gasteiger charge is -2.10. The highest BCUT2D eigenvalue weighted by Crippen LogP contribution is 2.18. The number of esters is 1. The first-order valence-electron chi connectivity index (χ1n) is 6.33. The number of nitrogens with one attached hydrogen (secondary N) is 1. The van der Waals surface area contributed by atoms with Crippen LogP contribution < -0.4 is 5.32 Å². The van der Waals surface area contributed by atoms with Crippen molar-refractivity contribution in [3.05, 3.63) is 39.9 Å². The molecule has 1 aliphatic rings. The van der Waals surface area contributed by atoms with Gasteiger partial charge in [0.05, 0.1) is 10.5 Å². The van der Waals surface area contributed by atoms with Crippen molar-refractivity contribution in [2.45, 2.75) is 31.7 Å². The van der Waals surface area contributed by atoms with Gasteiger partial charge in [-0.3, -0.25) is 10.1 Å². The minimum Gasteiger partial charge on any atom is -0.373 e. The molecule has 0 aliphatic heterocycles. The van der Waals surface area contributed by atoms with Gasteiger partial charge in [0.25, 0.3) is 5.69 Å². The number of hydrogen-bond donors (Lipinski definition) is 1. The van der Waals surface area contributed by atoms with Gasteiger partial charge >= 0.3 is 12.1 Å². The summed E-state index contributed by atoms with van der Waals surface area (Å²) in [5, 5.41) is 13.1. The fourth-order valence-electron chi connectivity index (χ4n) is 2.13. The van der Waals surface area contributed by atoms with Crippen LogP contribution in [-0.4, -0.2) is 23.0 Å². The molecule has 1 aliphatic carbocycles. The fraction of sp³-hybridized carbons (Fsp3) is 0.385. The highest BCUT2D eigenvalue weighted by Gasteiger charge is 2.20. The van der Waals surface area contributed by atoms with Crippen molar-refractivity contribution in [1.82, 2.24) is 5.32 Å². The molecule has 0 radical (unpaired) electrons. The number of nitro groups is 1. The lowest BCUT2D eigenvalue weighted by molar-refractivity contribution is -0.384. The monoisotopic (exact) mass is 278 g/mol. The van der Waals surface area contributed by atoms with Gasteiger partial charge in [-0.15, -0.1) is 0 Å². The topological polar surface area (TPSA) is 98.5 Å². The summed E-state index contributed by atoms with van der Waals surface area (Å²) in [7, 11) is 0. The van der Waals surface area contributed by atoms with Crippen molar-refractivity contribution >= 4 is 17.7 Å². The third-order valence-electron chi connectivity index (χ3n) is 3.18. The lowest BCUT2D eigenvalue weighted by Crippen LogP contribution is -2.34. The smallest absolute Gasteiger partial charge is 0.373 e. The SMILES string of the molecule is O=C(NC1CCCC1)OC(=O)c1ccc([N+](=O)[O-])cc1. The van der Waals surface area contributed by atoms with Crippen LogP contribution in [0.4, 0.5) is 10.5 Å². The van der Waals surface area contributed by atoms with Crippen LogP contribution in [0.25, 0.3) is 0 Å². The number of carbonyl (C=O) groups is 2. The third kappa shape index (κ3) is 3.53. The molecule has 1 aromatic rings. The van der Waals surface area contributed by atoms with Crippen molar-refractivity contribution in [3.8, 4) is 0 Å². The van der Waals surface area contributed by atoms with E-state index in [1.54, 1.807) is 0 Å². The number of nitrogens with zero attached hydrogens (tertiary/aromatic N) is 1. The van der Waals surface area contributed by atoms with E-state index < -0.39 is 17.0 Å². The predicted octanol–water partition coefficient (Wildman–Crippen LogP) is 2.40. The zero-order valence-corrected chi connectivity index (χ0v) is 10.7. The van der Waals surface area contributed by atoms with Crippen LogP contribution in [-0.2, 0) is 4.74 Å². The maximum atomic E-state index is 11.7. The van der Waals surface area contributed by atoms with Gasteiger partial charge in [0.1, 0.15) is 0 Å². The van der Waals surface area contributed by atoms with Crippen LogP contribution in [0.1, 0.15) is 36.0 Å². The van der Waals surface area contributed by atoms with Crippen LogP contribution in [0.3, 0.4) is 0 Å². The van der Waals surface area contributed by atoms with Crippen LogP contribution in [0.15, 0.2) is 24.3 Å². The Morgan fingerprint density at radius 1 is 1.20 bits per heavy atom. The van der Waals surface area contributed by atoms with E-state index >= 15 is 0 Å². The van der Waals surface area contributed by atoms with Crippen molar-refractivity contribution in [2.75, 3.05) is 0 Å². The van der Waals surface area contributed by atoms with Crippen molar-refractivity contribution in [2.24, 2.45) is 0 Å². The minimum atomic E-state index is -0.824. The van der Waals surface area contributed by atoms with E-state index in [-0.39, 0.29) is 17.3 Å². The van der Waals surface area contributed by atoms with E-state index in [9.17, 15) is 19.7 Å². The summed E-state index contributed by atoms with van der Waals surface area (Å²) in [6, 6.07) is 4.94. The number of nitro benzene ring substituents is 1. The molecule has 1 fully saturated rings. The number of ether oxygens (including phenoxy) is 1. The summed E-state index contributed by atoms with van der Waals surface area (Å²) in [5.41, 5.74) is -0.0332. The number of alkyl carbamates (subject to hydrolysis) is 1. The molecule has 0 atom stereocenters. The van der Waals surface area contributed by atoms with Crippen molar-refractivity contribution < 1.29 is 19.2 Å². The number of rotatable bonds is 3. The largest absolute Gasteiger partial charge is 0.415 e. The zero-order valence-electron chi connectivity index (χ0n) is 10.7. The molecule has 7 nitrogen and oxygen atoms in total. The number of benzene rings is 1. The van der Waals surface area contributed by atoms with Crippen LogP contribution in [0, 0.1) is 10.1 Å². The molecule has 0 bridgehead atoms. The molecule has 1 N–H and O–H groups in total. The fourth-order valence-corrected chi connectivity index (χ4v) is 2.13. The second-order valence-electron chi connectivity index (χ2n) is 4.61. The van der Waals surface area contributed by atoms with E-state index in [0.29, 0.717) is 0 Å². The number of hydrogen-bond acceptors (Lipinski definition) is 5. The average Bonchev–Trinajstić information content (AvgIpc) is 2.91. The Hall–Kier alpha value is -2.44. The quantitative estimate of drug-likeness (QED) is 0.396. The molecule has 1 aromatic carbocycles. The molecular weight excluding hydrogens is 264 g/mol. The van der Waals surface area contributed by atoms with Gasteiger partial charge in [-0.05, 0) is 25.0 Å². The second-order valence-corrected chi connectivity index (χ2v) is 4.61. The first kappa shape index (κ1) is 14.0. The molecule has 7 heteroatoms. The van der Waals surface area contributed by atoms with Gasteiger partial charge in [0.2, 0.25) is 0 Å². The second kappa shape index (κ2) is 6.14. The molecule has 0 aromatic heterocycles.